The van der Waals surface area contributed by atoms with E-state index in [-0.39, 0.29) is 5.97 Å². The number of carbonyl (C=O) groups excluding carboxylic acids is 1. The first kappa shape index (κ1) is 10.1. The molecule has 0 aromatic rings. The minimum atomic E-state index is -0.240. The van der Waals surface area contributed by atoms with Crippen molar-refractivity contribution >= 4 is 17.7 Å². The van der Waals surface area contributed by atoms with Crippen LogP contribution in [0.3, 0.4) is 0 Å². The molecule has 0 amide bonds. The summed E-state index contributed by atoms with van der Waals surface area (Å²) in [5.41, 5.74) is 0.500. The van der Waals surface area contributed by atoms with E-state index < -0.39 is 0 Å². The molecule has 2 rings (SSSR count). The number of fused-ring (bicyclic) bond motifs is 1. The maximum Gasteiger partial charge on any atom is 0.333 e. The summed E-state index contributed by atoms with van der Waals surface area (Å²) in [4.78, 5) is 11.2. The Kier molecular flexibility index (Phi) is 2.86. The third-order valence-corrected chi connectivity index (χ3v) is 4.38. The first-order valence-corrected chi connectivity index (χ1v) is 6.09. The maximum absolute atomic E-state index is 11.2. The fourth-order valence-electron chi connectivity index (χ4n) is 1.95. The van der Waals surface area contributed by atoms with Crippen molar-refractivity contribution in [2.75, 3.05) is 6.61 Å². The van der Waals surface area contributed by atoms with Crippen molar-refractivity contribution in [2.45, 2.75) is 36.7 Å². The zero-order chi connectivity index (χ0) is 10.1. The number of thioether (sulfide) groups is 1. The Morgan fingerprint density at radius 3 is 2.93 bits per heavy atom. The largest absolute Gasteiger partial charge is 0.462 e. The molecule has 1 aliphatic carbocycles. The molecule has 0 radical (unpaired) electrons. The lowest BCUT2D eigenvalue weighted by Gasteiger charge is -2.19. The molecule has 1 saturated heterocycles. The lowest BCUT2D eigenvalue weighted by molar-refractivity contribution is -0.140. The van der Waals surface area contributed by atoms with E-state index in [2.05, 4.69) is 18.3 Å². The second-order valence-electron chi connectivity index (χ2n) is 4.27. The molecule has 3 heteroatoms. The predicted molar refractivity (Wildman–Crippen MR) is 58.3 cm³/mol. The Hall–Kier alpha value is -0.440. The van der Waals surface area contributed by atoms with Gasteiger partial charge in [-0.05, 0) is 32.1 Å². The molecule has 1 aliphatic heterocycles. The highest BCUT2D eigenvalue weighted by Crippen LogP contribution is 2.52. The molecule has 3 unspecified atom stereocenters. The summed E-state index contributed by atoms with van der Waals surface area (Å²) in [5, 5.41) is 1.81. The van der Waals surface area contributed by atoms with Crippen molar-refractivity contribution in [3.63, 3.8) is 0 Å². The van der Waals surface area contributed by atoms with E-state index in [4.69, 9.17) is 4.74 Å². The van der Waals surface area contributed by atoms with Gasteiger partial charge in [-0.3, -0.25) is 0 Å². The van der Waals surface area contributed by atoms with Crippen LogP contribution in [0.2, 0.25) is 0 Å². The standard InChI is InChI=1S/C11H16O2S/c1-7(2)11(12)13-6-8-3-4-9-10(5-8)14-9/h8-10H,1,3-6H2,2H3. The molecule has 0 N–H and O–H groups in total. The molecular weight excluding hydrogens is 196 g/mol. The minimum absolute atomic E-state index is 0.240. The zero-order valence-electron chi connectivity index (χ0n) is 8.49. The summed E-state index contributed by atoms with van der Waals surface area (Å²) in [6.45, 7) is 5.85. The quantitative estimate of drug-likeness (QED) is 0.408. The second kappa shape index (κ2) is 3.97. The molecular formula is C11H16O2S. The van der Waals surface area contributed by atoms with Gasteiger partial charge in [0.05, 0.1) is 6.61 Å². The molecule has 3 atom stereocenters. The fraction of sp³-hybridized carbons (Fsp3) is 0.727. The molecule has 78 valence electrons. The highest BCUT2D eigenvalue weighted by molar-refractivity contribution is 8.07. The average molecular weight is 212 g/mol. The lowest BCUT2D eigenvalue weighted by Crippen LogP contribution is -2.20. The van der Waals surface area contributed by atoms with E-state index in [0.29, 0.717) is 18.1 Å². The van der Waals surface area contributed by atoms with Crippen LogP contribution in [0.4, 0.5) is 0 Å². The second-order valence-corrected chi connectivity index (χ2v) is 5.75. The molecule has 0 aromatic heterocycles. The Bertz CT molecular complexity index is 262. The van der Waals surface area contributed by atoms with Gasteiger partial charge in [-0.25, -0.2) is 4.79 Å². The van der Waals surface area contributed by atoms with Crippen LogP contribution in [-0.2, 0) is 9.53 Å². The van der Waals surface area contributed by atoms with E-state index in [1.165, 1.54) is 19.3 Å². The van der Waals surface area contributed by atoms with Crippen molar-refractivity contribution in [3.05, 3.63) is 12.2 Å². The third kappa shape index (κ3) is 2.32. The van der Waals surface area contributed by atoms with Gasteiger partial charge in [-0.2, -0.15) is 11.8 Å². The van der Waals surface area contributed by atoms with Crippen molar-refractivity contribution in [1.82, 2.24) is 0 Å². The van der Waals surface area contributed by atoms with Crippen LogP contribution in [0.15, 0.2) is 12.2 Å². The summed E-state index contributed by atoms with van der Waals surface area (Å²) in [6, 6.07) is 0. The number of rotatable bonds is 3. The molecule has 0 spiro atoms. The van der Waals surface area contributed by atoms with Crippen LogP contribution < -0.4 is 0 Å². The first-order chi connectivity index (χ1) is 6.66. The number of ether oxygens (including phenoxy) is 1. The van der Waals surface area contributed by atoms with Crippen LogP contribution >= 0.6 is 11.8 Å². The number of hydrogen-bond acceptors (Lipinski definition) is 3. The highest BCUT2D eigenvalue weighted by Gasteiger charge is 2.43. The van der Waals surface area contributed by atoms with Gasteiger partial charge in [0.25, 0.3) is 0 Å². The van der Waals surface area contributed by atoms with Crippen LogP contribution in [0.5, 0.6) is 0 Å². The Morgan fingerprint density at radius 1 is 1.50 bits per heavy atom. The summed E-state index contributed by atoms with van der Waals surface area (Å²) in [7, 11) is 0. The number of carbonyl (C=O) groups is 1. The molecule has 1 heterocycles. The first-order valence-electron chi connectivity index (χ1n) is 5.15. The minimum Gasteiger partial charge on any atom is -0.462 e. The van der Waals surface area contributed by atoms with Gasteiger partial charge >= 0.3 is 5.97 Å². The van der Waals surface area contributed by atoms with Gasteiger partial charge in [0, 0.05) is 16.1 Å². The fourth-order valence-corrected chi connectivity index (χ4v) is 3.22. The van der Waals surface area contributed by atoms with Crippen LogP contribution in [-0.4, -0.2) is 23.1 Å². The average Bonchev–Trinajstić information content (AvgIpc) is 2.91. The summed E-state index contributed by atoms with van der Waals surface area (Å²) in [5.74, 6) is 0.352. The molecule has 1 saturated carbocycles. The molecule has 0 aromatic carbocycles. The Balaban J connectivity index is 1.70. The number of hydrogen-bond donors (Lipinski definition) is 0. The monoisotopic (exact) mass is 212 g/mol. The maximum atomic E-state index is 11.2. The van der Waals surface area contributed by atoms with Gasteiger partial charge in [-0.1, -0.05) is 6.58 Å². The van der Waals surface area contributed by atoms with E-state index in [1.807, 2.05) is 0 Å². The number of esters is 1. The highest BCUT2D eigenvalue weighted by atomic mass is 32.2. The Morgan fingerprint density at radius 2 is 2.29 bits per heavy atom. The van der Waals surface area contributed by atoms with Gasteiger partial charge in [0.1, 0.15) is 0 Å². The zero-order valence-corrected chi connectivity index (χ0v) is 9.31. The van der Waals surface area contributed by atoms with Crippen LogP contribution in [0.1, 0.15) is 26.2 Å². The van der Waals surface area contributed by atoms with Crippen LogP contribution in [0.25, 0.3) is 0 Å². The van der Waals surface area contributed by atoms with Crippen LogP contribution in [0, 0.1) is 5.92 Å². The third-order valence-electron chi connectivity index (χ3n) is 2.91. The van der Waals surface area contributed by atoms with Gasteiger partial charge in [-0.15, -0.1) is 0 Å². The van der Waals surface area contributed by atoms with Gasteiger partial charge in [0.2, 0.25) is 0 Å². The van der Waals surface area contributed by atoms with E-state index in [9.17, 15) is 4.79 Å². The van der Waals surface area contributed by atoms with E-state index in [1.54, 1.807) is 6.92 Å². The molecule has 2 fully saturated rings. The van der Waals surface area contributed by atoms with Gasteiger partial charge < -0.3 is 4.74 Å². The van der Waals surface area contributed by atoms with E-state index in [0.717, 1.165) is 10.5 Å². The van der Waals surface area contributed by atoms with Gasteiger partial charge in [0.15, 0.2) is 0 Å². The molecule has 0 bridgehead atoms. The normalized spacial score (nSPS) is 34.5. The predicted octanol–water partition coefficient (Wildman–Crippen LogP) is 2.39. The summed E-state index contributed by atoms with van der Waals surface area (Å²) < 4.78 is 5.16. The smallest absolute Gasteiger partial charge is 0.333 e. The SMILES string of the molecule is C=C(C)C(=O)OCC1CCC2SC2C1. The van der Waals surface area contributed by atoms with Crippen molar-refractivity contribution in [2.24, 2.45) is 5.92 Å². The molecule has 14 heavy (non-hydrogen) atoms. The molecule has 2 aliphatic rings. The Labute approximate surface area is 89.1 Å². The molecule has 2 nitrogen and oxygen atoms in total. The summed E-state index contributed by atoms with van der Waals surface area (Å²) in [6.07, 6.45) is 3.76. The van der Waals surface area contributed by atoms with E-state index >= 15 is 0 Å². The summed E-state index contributed by atoms with van der Waals surface area (Å²) >= 11 is 2.09. The van der Waals surface area contributed by atoms with Crippen molar-refractivity contribution in [1.29, 1.82) is 0 Å². The van der Waals surface area contributed by atoms with Crippen molar-refractivity contribution < 1.29 is 9.53 Å². The lowest BCUT2D eigenvalue weighted by atomic mass is 9.90. The van der Waals surface area contributed by atoms with Crippen molar-refractivity contribution in [3.8, 4) is 0 Å². The topological polar surface area (TPSA) is 26.3 Å².